The van der Waals surface area contributed by atoms with Gasteiger partial charge in [0.05, 0.1) is 0 Å². The Bertz CT molecular complexity index is 890. The summed E-state index contributed by atoms with van der Waals surface area (Å²) in [4.78, 5) is 0. The van der Waals surface area contributed by atoms with Crippen molar-refractivity contribution in [1.82, 2.24) is 0 Å². The number of benzene rings is 2. The Balaban J connectivity index is 0.000000300. The van der Waals surface area contributed by atoms with Crippen LogP contribution in [0, 0.1) is 0 Å². The SMILES string of the molecule is Brc1ccc(C(=C[S+]2CCCC2)c2ccccc2)cc1.O=S(=O)([O-])C(F)(F)F. The third-order valence-electron chi connectivity index (χ3n) is 3.87. The van der Waals surface area contributed by atoms with Gasteiger partial charge in [0.25, 0.3) is 0 Å². The largest absolute Gasteiger partial charge is 0.741 e. The molecule has 9 heteroatoms. The molecule has 1 aliphatic rings. The Morgan fingerprint density at radius 2 is 1.43 bits per heavy atom. The monoisotopic (exact) mass is 494 g/mol. The maximum atomic E-state index is 10.7. The molecule has 1 aliphatic heterocycles. The Hall–Kier alpha value is -1.29. The molecular weight excluding hydrogens is 477 g/mol. The molecule has 0 amide bonds. The van der Waals surface area contributed by atoms with Gasteiger partial charge in [0.2, 0.25) is 0 Å². The summed E-state index contributed by atoms with van der Waals surface area (Å²) in [5.74, 6) is 2.74. The highest BCUT2D eigenvalue weighted by molar-refractivity contribution is 9.10. The van der Waals surface area contributed by atoms with E-state index in [2.05, 4.69) is 75.9 Å². The Morgan fingerprint density at radius 3 is 1.89 bits per heavy atom. The van der Waals surface area contributed by atoms with E-state index in [-0.39, 0.29) is 0 Å². The molecule has 0 atom stereocenters. The number of hydrogen-bond donors (Lipinski definition) is 0. The van der Waals surface area contributed by atoms with Gasteiger partial charge in [0, 0.05) is 20.9 Å². The summed E-state index contributed by atoms with van der Waals surface area (Å²) >= 11 is 3.52. The molecular formula is C19H18BrF3O3S2. The zero-order valence-electron chi connectivity index (χ0n) is 14.7. The minimum Gasteiger partial charge on any atom is -0.741 e. The number of hydrogen-bond acceptors (Lipinski definition) is 3. The highest BCUT2D eigenvalue weighted by Crippen LogP contribution is 2.28. The highest BCUT2D eigenvalue weighted by Gasteiger charge is 2.36. The van der Waals surface area contributed by atoms with Crippen LogP contribution in [0.5, 0.6) is 0 Å². The van der Waals surface area contributed by atoms with E-state index >= 15 is 0 Å². The van der Waals surface area contributed by atoms with E-state index in [1.165, 1.54) is 41.0 Å². The van der Waals surface area contributed by atoms with E-state index in [9.17, 15) is 13.2 Å². The molecule has 3 nitrogen and oxygen atoms in total. The van der Waals surface area contributed by atoms with Gasteiger partial charge in [-0.2, -0.15) is 13.2 Å². The molecule has 0 unspecified atom stereocenters. The lowest BCUT2D eigenvalue weighted by molar-refractivity contribution is -0.0517. The van der Waals surface area contributed by atoms with Crippen LogP contribution in [0.2, 0.25) is 0 Å². The second kappa shape index (κ2) is 9.96. The average Bonchev–Trinajstić information content (AvgIpc) is 3.13. The van der Waals surface area contributed by atoms with Crippen LogP contribution in [0.15, 0.2) is 64.5 Å². The Kier molecular flexibility index (Phi) is 8.18. The molecule has 2 aromatic carbocycles. The molecule has 152 valence electrons. The summed E-state index contributed by atoms with van der Waals surface area (Å²) in [6.07, 6.45) is 2.78. The smallest absolute Gasteiger partial charge is 0.485 e. The average molecular weight is 495 g/mol. The van der Waals surface area contributed by atoms with Gasteiger partial charge in [-0.15, -0.1) is 0 Å². The molecule has 0 N–H and O–H groups in total. The number of rotatable bonds is 3. The lowest BCUT2D eigenvalue weighted by atomic mass is 10.00. The van der Waals surface area contributed by atoms with E-state index in [0.29, 0.717) is 10.9 Å². The van der Waals surface area contributed by atoms with Crippen molar-refractivity contribution in [3.63, 3.8) is 0 Å². The van der Waals surface area contributed by atoms with E-state index < -0.39 is 15.6 Å². The lowest BCUT2D eigenvalue weighted by Crippen LogP contribution is -2.21. The molecule has 0 aromatic heterocycles. The molecule has 1 heterocycles. The van der Waals surface area contributed by atoms with Crippen molar-refractivity contribution in [1.29, 1.82) is 0 Å². The fourth-order valence-corrected chi connectivity index (χ4v) is 4.97. The minimum atomic E-state index is -6.09. The van der Waals surface area contributed by atoms with E-state index in [0.717, 1.165) is 4.47 Å². The van der Waals surface area contributed by atoms with Crippen LogP contribution in [0.4, 0.5) is 13.2 Å². The van der Waals surface area contributed by atoms with Gasteiger partial charge in [-0.05, 0) is 36.1 Å². The van der Waals surface area contributed by atoms with Gasteiger partial charge in [0.1, 0.15) is 16.9 Å². The molecule has 1 fully saturated rings. The van der Waals surface area contributed by atoms with Crippen LogP contribution in [-0.2, 0) is 21.0 Å². The summed E-state index contributed by atoms with van der Waals surface area (Å²) < 4.78 is 60.0. The first kappa shape index (κ1) is 23.0. The number of alkyl halides is 3. The first-order chi connectivity index (χ1) is 13.1. The maximum Gasteiger partial charge on any atom is 0.485 e. The predicted molar refractivity (Wildman–Crippen MR) is 110 cm³/mol. The van der Waals surface area contributed by atoms with E-state index in [1.807, 2.05) is 0 Å². The summed E-state index contributed by atoms with van der Waals surface area (Å²) in [6.45, 7) is 0. The second-order valence-corrected chi connectivity index (χ2v) is 10.4. The fourth-order valence-electron chi connectivity index (χ4n) is 2.51. The summed E-state index contributed by atoms with van der Waals surface area (Å²) in [7, 11) is -5.63. The van der Waals surface area contributed by atoms with Crippen molar-refractivity contribution in [3.8, 4) is 0 Å². The summed E-state index contributed by atoms with van der Waals surface area (Å²) in [5.41, 5.74) is -1.61. The standard InChI is InChI=1S/C18H18BrS.CHF3O3S/c19-17-10-8-16(9-11-17)18(14-20-12-4-5-13-20)15-6-2-1-3-7-15;2-1(3,4)8(5,6)7/h1-3,6-11,14H,4-5,12-13H2;(H,5,6,7)/q+1;/p-1. The van der Waals surface area contributed by atoms with Gasteiger partial charge in [-0.1, -0.05) is 58.4 Å². The third kappa shape index (κ3) is 6.95. The summed E-state index contributed by atoms with van der Waals surface area (Å²) in [5, 5.41) is 2.52. The molecule has 2 aromatic rings. The number of halogens is 4. The van der Waals surface area contributed by atoms with Crippen molar-refractivity contribution in [3.05, 3.63) is 75.6 Å². The third-order valence-corrected chi connectivity index (χ3v) is 7.16. The van der Waals surface area contributed by atoms with Crippen molar-refractivity contribution in [2.45, 2.75) is 18.3 Å². The van der Waals surface area contributed by atoms with Crippen LogP contribution in [0.25, 0.3) is 5.57 Å². The lowest BCUT2D eigenvalue weighted by Gasteiger charge is -2.08. The Morgan fingerprint density at radius 1 is 0.964 bits per heavy atom. The molecule has 0 radical (unpaired) electrons. The van der Waals surface area contributed by atoms with Crippen LogP contribution >= 0.6 is 15.9 Å². The van der Waals surface area contributed by atoms with Gasteiger partial charge in [-0.3, -0.25) is 0 Å². The van der Waals surface area contributed by atoms with Gasteiger partial charge >= 0.3 is 5.51 Å². The molecule has 3 rings (SSSR count). The van der Waals surface area contributed by atoms with Crippen molar-refractivity contribution in [2.24, 2.45) is 0 Å². The van der Waals surface area contributed by atoms with Crippen LogP contribution < -0.4 is 0 Å². The van der Waals surface area contributed by atoms with Crippen molar-refractivity contribution in [2.75, 3.05) is 11.5 Å². The molecule has 1 saturated heterocycles. The van der Waals surface area contributed by atoms with Crippen LogP contribution in [0.1, 0.15) is 24.0 Å². The molecule has 0 aliphatic carbocycles. The van der Waals surface area contributed by atoms with Gasteiger partial charge < -0.3 is 4.55 Å². The zero-order valence-corrected chi connectivity index (χ0v) is 17.9. The zero-order chi connectivity index (χ0) is 20.8. The van der Waals surface area contributed by atoms with Gasteiger partial charge in [0.15, 0.2) is 10.1 Å². The highest BCUT2D eigenvalue weighted by atomic mass is 79.9. The first-order valence-electron chi connectivity index (χ1n) is 8.29. The maximum absolute atomic E-state index is 10.7. The molecule has 28 heavy (non-hydrogen) atoms. The van der Waals surface area contributed by atoms with E-state index in [4.69, 9.17) is 13.0 Å². The van der Waals surface area contributed by atoms with Crippen LogP contribution in [-0.4, -0.2) is 30.0 Å². The Labute approximate surface area is 173 Å². The molecule has 0 spiro atoms. The fraction of sp³-hybridized carbons (Fsp3) is 0.263. The molecule has 0 bridgehead atoms. The molecule has 0 saturated carbocycles. The first-order valence-corrected chi connectivity index (χ1v) is 12.1. The van der Waals surface area contributed by atoms with E-state index in [1.54, 1.807) is 0 Å². The second-order valence-electron chi connectivity index (χ2n) is 5.96. The normalized spacial score (nSPS) is 15.8. The van der Waals surface area contributed by atoms with Gasteiger partial charge in [-0.25, -0.2) is 8.42 Å². The van der Waals surface area contributed by atoms with Crippen LogP contribution in [0.3, 0.4) is 0 Å². The van der Waals surface area contributed by atoms with Crippen molar-refractivity contribution < 1.29 is 26.1 Å². The predicted octanol–water partition coefficient (Wildman–Crippen LogP) is 5.30. The topological polar surface area (TPSA) is 57.2 Å². The minimum absolute atomic E-state index is 0.463. The quantitative estimate of drug-likeness (QED) is 0.330. The summed E-state index contributed by atoms with van der Waals surface area (Å²) in [6, 6.07) is 19.4. The van der Waals surface area contributed by atoms with Crippen molar-refractivity contribution >= 4 is 42.5 Å².